The smallest absolute Gasteiger partial charge is 0.161 e. The largest absolute Gasteiger partial charge is 0.493 e. The van der Waals surface area contributed by atoms with E-state index >= 15 is 0 Å². The zero-order chi connectivity index (χ0) is 22.8. The number of carbonyl (C=O) groups excluding carboxylic acids is 1. The number of hydrogen-bond acceptors (Lipinski definition) is 4. The number of hydrogen-bond donors (Lipinski definition) is 0. The van der Waals surface area contributed by atoms with Gasteiger partial charge in [0.1, 0.15) is 12.4 Å². The summed E-state index contributed by atoms with van der Waals surface area (Å²) in [6.07, 6.45) is 3.05. The number of rotatable bonds is 7. The molecule has 1 saturated heterocycles. The zero-order valence-corrected chi connectivity index (χ0v) is 19.4. The molecule has 1 fully saturated rings. The molecule has 1 aliphatic heterocycles. The highest BCUT2D eigenvalue weighted by Gasteiger charge is 2.44. The highest BCUT2D eigenvalue weighted by molar-refractivity contribution is 5.63. The summed E-state index contributed by atoms with van der Waals surface area (Å²) in [5.74, 6) is 1.61. The maximum absolute atomic E-state index is 12.2. The molecule has 0 unspecified atom stereocenters. The van der Waals surface area contributed by atoms with Crippen LogP contribution in [0.1, 0.15) is 35.1 Å². The number of methoxy groups -OCH3 is 1. The van der Waals surface area contributed by atoms with Crippen molar-refractivity contribution in [2.45, 2.75) is 38.3 Å². The molecule has 3 aromatic carbocycles. The summed E-state index contributed by atoms with van der Waals surface area (Å²) in [7, 11) is 1.68. The third kappa shape index (κ3) is 4.40. The number of carbonyl (C=O) groups is 1. The van der Waals surface area contributed by atoms with Crippen molar-refractivity contribution < 1.29 is 14.3 Å². The number of benzene rings is 3. The van der Waals surface area contributed by atoms with E-state index in [0.717, 1.165) is 55.8 Å². The Balaban J connectivity index is 1.37. The highest BCUT2D eigenvalue weighted by Crippen LogP contribution is 2.44. The van der Waals surface area contributed by atoms with E-state index in [1.165, 1.54) is 16.7 Å². The third-order valence-corrected chi connectivity index (χ3v) is 7.22. The Morgan fingerprint density at radius 2 is 1.67 bits per heavy atom. The molecule has 0 saturated carbocycles. The molecule has 33 heavy (non-hydrogen) atoms. The lowest BCUT2D eigenvalue weighted by molar-refractivity contribution is -0.115. The van der Waals surface area contributed by atoms with Crippen molar-refractivity contribution in [1.29, 1.82) is 0 Å². The Kier molecular flexibility index (Phi) is 5.94. The van der Waals surface area contributed by atoms with Crippen molar-refractivity contribution in [2.75, 3.05) is 20.2 Å². The molecular formula is C29H31NO3. The minimum atomic E-state index is -0.440. The second-order valence-electron chi connectivity index (χ2n) is 9.66. The van der Waals surface area contributed by atoms with Gasteiger partial charge in [-0.2, -0.15) is 0 Å². The standard InChI is InChI=1S/C29H31NO3/c1-29(20-31)19-30(17-21-8-4-3-5-9-21)18-26(29)24-12-13-27(32-2)28(16-24)33-25-14-22-10-6-7-11-23(22)15-25/h3-13,16,20,25-26H,14-15,17-19H2,1-2H3/t26-,29-/m0/s1. The van der Waals surface area contributed by atoms with E-state index in [1.807, 2.05) is 12.1 Å². The summed E-state index contributed by atoms with van der Waals surface area (Å²) in [5.41, 5.74) is 4.68. The van der Waals surface area contributed by atoms with Gasteiger partial charge in [0, 0.05) is 43.8 Å². The van der Waals surface area contributed by atoms with Gasteiger partial charge in [0.2, 0.25) is 0 Å². The molecule has 1 heterocycles. The number of aldehydes is 1. The predicted octanol–water partition coefficient (Wildman–Crippen LogP) is 5.05. The highest BCUT2D eigenvalue weighted by atomic mass is 16.5. The molecule has 0 amide bonds. The summed E-state index contributed by atoms with van der Waals surface area (Å²) < 4.78 is 12.1. The van der Waals surface area contributed by atoms with Crippen molar-refractivity contribution in [2.24, 2.45) is 5.41 Å². The molecule has 0 spiro atoms. The lowest BCUT2D eigenvalue weighted by Crippen LogP contribution is -2.28. The SMILES string of the molecule is COc1ccc([C@@H]2CN(Cc3ccccc3)C[C@@]2(C)C=O)cc1OC1Cc2ccccc2C1. The van der Waals surface area contributed by atoms with Gasteiger partial charge in [-0.05, 0) is 34.4 Å². The number of ether oxygens (including phenoxy) is 2. The molecule has 4 nitrogen and oxygen atoms in total. The van der Waals surface area contributed by atoms with Crippen LogP contribution in [0, 0.1) is 5.41 Å². The molecule has 2 atom stereocenters. The summed E-state index contributed by atoms with van der Waals surface area (Å²) >= 11 is 0. The summed E-state index contributed by atoms with van der Waals surface area (Å²) in [6, 6.07) is 25.2. The predicted molar refractivity (Wildman–Crippen MR) is 130 cm³/mol. The van der Waals surface area contributed by atoms with Gasteiger partial charge < -0.3 is 14.3 Å². The topological polar surface area (TPSA) is 38.8 Å². The van der Waals surface area contributed by atoms with Crippen molar-refractivity contribution in [1.82, 2.24) is 4.90 Å². The molecule has 0 radical (unpaired) electrons. The molecule has 0 aromatic heterocycles. The average molecular weight is 442 g/mol. The van der Waals surface area contributed by atoms with E-state index in [4.69, 9.17) is 9.47 Å². The Bertz CT molecular complexity index is 1100. The van der Waals surface area contributed by atoms with E-state index < -0.39 is 5.41 Å². The van der Waals surface area contributed by atoms with Crippen LogP contribution in [0.5, 0.6) is 11.5 Å². The molecule has 1 aliphatic carbocycles. The first-order valence-corrected chi connectivity index (χ1v) is 11.7. The molecule has 2 aliphatic rings. The van der Waals surface area contributed by atoms with Crippen LogP contribution < -0.4 is 9.47 Å². The fourth-order valence-corrected chi connectivity index (χ4v) is 5.47. The van der Waals surface area contributed by atoms with E-state index in [2.05, 4.69) is 72.5 Å². The van der Waals surface area contributed by atoms with Crippen LogP contribution in [0.3, 0.4) is 0 Å². The molecule has 0 N–H and O–H groups in total. The Hall–Kier alpha value is -3.11. The monoisotopic (exact) mass is 441 g/mol. The van der Waals surface area contributed by atoms with Crippen LogP contribution in [0.15, 0.2) is 72.8 Å². The Morgan fingerprint density at radius 3 is 2.33 bits per heavy atom. The van der Waals surface area contributed by atoms with Crippen LogP contribution in [0.2, 0.25) is 0 Å². The van der Waals surface area contributed by atoms with E-state index in [-0.39, 0.29) is 12.0 Å². The molecule has 4 heteroatoms. The minimum absolute atomic E-state index is 0.0992. The first-order valence-electron chi connectivity index (χ1n) is 11.7. The van der Waals surface area contributed by atoms with E-state index in [1.54, 1.807) is 7.11 Å². The molecule has 0 bridgehead atoms. The van der Waals surface area contributed by atoms with Gasteiger partial charge in [0.25, 0.3) is 0 Å². The summed E-state index contributed by atoms with van der Waals surface area (Å²) in [5, 5.41) is 0. The van der Waals surface area contributed by atoms with Gasteiger partial charge in [0.15, 0.2) is 11.5 Å². The van der Waals surface area contributed by atoms with Crippen molar-refractivity contribution in [3.63, 3.8) is 0 Å². The van der Waals surface area contributed by atoms with Crippen molar-refractivity contribution >= 4 is 6.29 Å². The van der Waals surface area contributed by atoms with Gasteiger partial charge in [-0.25, -0.2) is 0 Å². The maximum atomic E-state index is 12.2. The molecular weight excluding hydrogens is 410 g/mol. The lowest BCUT2D eigenvalue weighted by Gasteiger charge is -2.25. The van der Waals surface area contributed by atoms with Crippen LogP contribution in [-0.4, -0.2) is 37.5 Å². The van der Waals surface area contributed by atoms with Gasteiger partial charge in [0.05, 0.1) is 7.11 Å². The molecule has 5 rings (SSSR count). The summed E-state index contributed by atoms with van der Waals surface area (Å²) in [6.45, 7) is 4.51. The Labute approximate surface area is 196 Å². The maximum Gasteiger partial charge on any atom is 0.161 e. The fourth-order valence-electron chi connectivity index (χ4n) is 5.47. The molecule has 3 aromatic rings. The summed E-state index contributed by atoms with van der Waals surface area (Å²) in [4.78, 5) is 14.6. The lowest BCUT2D eigenvalue weighted by atomic mass is 9.77. The van der Waals surface area contributed by atoms with Crippen molar-refractivity contribution in [3.05, 3.63) is 95.1 Å². The van der Waals surface area contributed by atoms with Crippen LogP contribution in [-0.2, 0) is 24.2 Å². The Morgan fingerprint density at radius 1 is 0.970 bits per heavy atom. The van der Waals surface area contributed by atoms with Gasteiger partial charge in [-0.3, -0.25) is 4.90 Å². The van der Waals surface area contributed by atoms with Crippen LogP contribution in [0.4, 0.5) is 0 Å². The second-order valence-corrected chi connectivity index (χ2v) is 9.66. The van der Waals surface area contributed by atoms with Gasteiger partial charge >= 0.3 is 0 Å². The average Bonchev–Trinajstić information content (AvgIpc) is 3.40. The zero-order valence-electron chi connectivity index (χ0n) is 19.4. The fraction of sp³-hybridized carbons (Fsp3) is 0.345. The van der Waals surface area contributed by atoms with Gasteiger partial charge in [-0.15, -0.1) is 0 Å². The number of nitrogens with zero attached hydrogens (tertiary/aromatic N) is 1. The van der Waals surface area contributed by atoms with E-state index in [0.29, 0.717) is 0 Å². The van der Waals surface area contributed by atoms with E-state index in [9.17, 15) is 4.79 Å². The number of fused-ring (bicyclic) bond motifs is 1. The quantitative estimate of drug-likeness (QED) is 0.481. The number of likely N-dealkylation sites (tertiary alicyclic amines) is 1. The normalized spacial score (nSPS) is 22.8. The second kappa shape index (κ2) is 9.03. The van der Waals surface area contributed by atoms with Crippen LogP contribution in [0.25, 0.3) is 0 Å². The first-order chi connectivity index (χ1) is 16.1. The first kappa shape index (κ1) is 21.7. The van der Waals surface area contributed by atoms with Crippen molar-refractivity contribution in [3.8, 4) is 11.5 Å². The molecule has 170 valence electrons. The van der Waals surface area contributed by atoms with Crippen LogP contribution >= 0.6 is 0 Å². The third-order valence-electron chi connectivity index (χ3n) is 7.22. The van der Waals surface area contributed by atoms with Gasteiger partial charge in [-0.1, -0.05) is 67.6 Å². The minimum Gasteiger partial charge on any atom is -0.493 e.